The second-order valence-corrected chi connectivity index (χ2v) is 9.91. The van der Waals surface area contributed by atoms with Crippen LogP contribution in [0.4, 0.5) is 14.9 Å². The van der Waals surface area contributed by atoms with E-state index in [1.54, 1.807) is 18.2 Å². The number of amides is 3. The van der Waals surface area contributed by atoms with Gasteiger partial charge in [0, 0.05) is 16.3 Å². The Kier molecular flexibility index (Phi) is 8.38. The molecule has 196 valence electrons. The summed E-state index contributed by atoms with van der Waals surface area (Å²) in [6.07, 6.45) is 1.53. The highest BCUT2D eigenvalue weighted by Crippen LogP contribution is 2.36. The summed E-state index contributed by atoms with van der Waals surface area (Å²) in [5.74, 6) is -0.801. The molecular weight excluding hydrogens is 531 g/mol. The summed E-state index contributed by atoms with van der Waals surface area (Å²) in [4.78, 5) is 38.8. The minimum atomic E-state index is -0.594. The number of carbonyl (C=O) groups excluding carboxylic acids is 3. The van der Waals surface area contributed by atoms with E-state index in [9.17, 15) is 18.8 Å². The molecule has 0 radical (unpaired) electrons. The van der Waals surface area contributed by atoms with E-state index in [1.807, 2.05) is 32.0 Å². The van der Waals surface area contributed by atoms with Crippen molar-refractivity contribution in [1.82, 2.24) is 4.90 Å². The Bertz CT molecular complexity index is 1440. The number of anilines is 1. The van der Waals surface area contributed by atoms with Crippen LogP contribution < -0.4 is 14.8 Å². The van der Waals surface area contributed by atoms with E-state index in [0.29, 0.717) is 22.7 Å². The number of rotatable bonds is 8. The number of aryl methyl sites for hydroxylation is 2. The summed E-state index contributed by atoms with van der Waals surface area (Å²) in [5.41, 5.74) is 3.51. The van der Waals surface area contributed by atoms with E-state index < -0.39 is 17.0 Å². The molecule has 1 heterocycles. The molecule has 1 fully saturated rings. The normalized spacial score (nSPS) is 14.2. The number of methoxy groups -OCH3 is 1. The van der Waals surface area contributed by atoms with Crippen LogP contribution >= 0.6 is 23.4 Å². The predicted molar refractivity (Wildman–Crippen MR) is 146 cm³/mol. The van der Waals surface area contributed by atoms with Crippen LogP contribution in [0.3, 0.4) is 0 Å². The average Bonchev–Trinajstić information content (AvgIpc) is 3.14. The number of hydrogen-bond donors (Lipinski definition) is 1. The van der Waals surface area contributed by atoms with E-state index >= 15 is 0 Å². The molecule has 1 aliphatic heterocycles. The van der Waals surface area contributed by atoms with Crippen LogP contribution in [-0.2, 0) is 16.1 Å². The second kappa shape index (κ2) is 11.7. The maximum absolute atomic E-state index is 14.2. The summed E-state index contributed by atoms with van der Waals surface area (Å²) < 4.78 is 25.2. The van der Waals surface area contributed by atoms with Crippen molar-refractivity contribution in [3.63, 3.8) is 0 Å². The fourth-order valence-corrected chi connectivity index (χ4v) is 4.74. The zero-order valence-corrected chi connectivity index (χ0v) is 22.4. The first kappa shape index (κ1) is 27.2. The molecule has 1 aliphatic rings. The monoisotopic (exact) mass is 554 g/mol. The van der Waals surface area contributed by atoms with Crippen molar-refractivity contribution in [2.75, 3.05) is 19.0 Å². The van der Waals surface area contributed by atoms with Gasteiger partial charge in [-0.3, -0.25) is 19.3 Å². The molecule has 3 aromatic carbocycles. The highest BCUT2D eigenvalue weighted by atomic mass is 35.5. The van der Waals surface area contributed by atoms with E-state index in [2.05, 4.69) is 5.32 Å². The Hall–Kier alpha value is -3.82. The smallest absolute Gasteiger partial charge is 0.293 e. The molecule has 38 heavy (non-hydrogen) atoms. The van der Waals surface area contributed by atoms with E-state index in [-0.39, 0.29) is 34.6 Å². The van der Waals surface area contributed by atoms with E-state index in [1.165, 1.54) is 31.4 Å². The molecule has 1 saturated heterocycles. The van der Waals surface area contributed by atoms with Gasteiger partial charge in [-0.05, 0) is 84.8 Å². The summed E-state index contributed by atoms with van der Waals surface area (Å²) in [6.45, 7) is 3.45. The number of nitrogens with one attached hydrogen (secondary N) is 1. The number of benzene rings is 3. The Morgan fingerprint density at radius 1 is 1.08 bits per heavy atom. The standard InChI is InChI=1S/C28H24ClFN2O5S/c1-16-7-9-19(11-17(16)2)31-26(33)15-37-23-10-8-18(12-24(23)36-3)13-25-27(34)32(28(35)38-25)14-20-21(29)5-4-6-22(20)30/h4-13H,14-15H2,1-3H3,(H,31,33)/b25-13+. The van der Waals surface area contributed by atoms with Crippen LogP contribution in [0.1, 0.15) is 22.3 Å². The zero-order chi connectivity index (χ0) is 27.4. The lowest BCUT2D eigenvalue weighted by molar-refractivity contribution is -0.123. The first-order chi connectivity index (χ1) is 18.2. The molecule has 0 spiro atoms. The molecular formula is C28H24ClFN2O5S. The van der Waals surface area contributed by atoms with Crippen molar-refractivity contribution in [2.24, 2.45) is 0 Å². The predicted octanol–water partition coefficient (Wildman–Crippen LogP) is 6.36. The lowest BCUT2D eigenvalue weighted by atomic mass is 10.1. The number of carbonyl (C=O) groups is 3. The number of imide groups is 1. The molecule has 0 atom stereocenters. The molecule has 0 bridgehead atoms. The second-order valence-electron chi connectivity index (χ2n) is 8.51. The number of ether oxygens (including phenoxy) is 2. The van der Waals surface area contributed by atoms with Crippen molar-refractivity contribution in [1.29, 1.82) is 0 Å². The third kappa shape index (κ3) is 6.17. The molecule has 4 rings (SSSR count). The van der Waals surface area contributed by atoms with Gasteiger partial charge in [0.1, 0.15) is 5.82 Å². The SMILES string of the molecule is COc1cc(/C=C2/SC(=O)N(Cc3c(F)cccc3Cl)C2=O)ccc1OCC(=O)Nc1ccc(C)c(C)c1. The Labute approximate surface area is 228 Å². The molecule has 0 aliphatic carbocycles. The van der Waals surface area contributed by atoms with Crippen LogP contribution in [0.2, 0.25) is 5.02 Å². The number of thioether (sulfide) groups is 1. The third-order valence-electron chi connectivity index (χ3n) is 5.89. The van der Waals surface area contributed by atoms with Gasteiger partial charge in [-0.15, -0.1) is 0 Å². The van der Waals surface area contributed by atoms with Crippen molar-refractivity contribution in [3.05, 3.63) is 92.6 Å². The van der Waals surface area contributed by atoms with Crippen molar-refractivity contribution >= 4 is 52.2 Å². The maximum atomic E-state index is 14.2. The fraction of sp³-hybridized carbons (Fsp3) is 0.179. The van der Waals surface area contributed by atoms with Gasteiger partial charge in [-0.2, -0.15) is 0 Å². The molecule has 3 amide bonds. The summed E-state index contributed by atoms with van der Waals surface area (Å²) in [7, 11) is 1.45. The molecule has 7 nitrogen and oxygen atoms in total. The molecule has 3 aromatic rings. The fourth-order valence-electron chi connectivity index (χ4n) is 3.68. The first-order valence-corrected chi connectivity index (χ1v) is 12.7. The van der Waals surface area contributed by atoms with Gasteiger partial charge in [0.05, 0.1) is 18.6 Å². The van der Waals surface area contributed by atoms with Gasteiger partial charge >= 0.3 is 0 Å². The van der Waals surface area contributed by atoms with Crippen LogP contribution in [0.5, 0.6) is 11.5 Å². The number of halogens is 2. The van der Waals surface area contributed by atoms with Gasteiger partial charge in [0.25, 0.3) is 17.1 Å². The summed E-state index contributed by atoms with van der Waals surface area (Å²) in [5, 5.41) is 2.40. The zero-order valence-electron chi connectivity index (χ0n) is 20.8. The third-order valence-corrected chi connectivity index (χ3v) is 7.15. The topological polar surface area (TPSA) is 84.9 Å². The number of hydrogen-bond acceptors (Lipinski definition) is 6. The van der Waals surface area contributed by atoms with Crippen molar-refractivity contribution in [2.45, 2.75) is 20.4 Å². The van der Waals surface area contributed by atoms with Crippen molar-refractivity contribution < 1.29 is 28.2 Å². The number of nitrogens with zero attached hydrogens (tertiary/aromatic N) is 1. The first-order valence-electron chi connectivity index (χ1n) is 11.5. The lowest BCUT2D eigenvalue weighted by Crippen LogP contribution is -2.28. The van der Waals surface area contributed by atoms with Crippen LogP contribution in [0.25, 0.3) is 6.08 Å². The minimum Gasteiger partial charge on any atom is -0.493 e. The van der Waals surface area contributed by atoms with Crippen LogP contribution in [-0.4, -0.2) is 35.7 Å². The van der Waals surface area contributed by atoms with Gasteiger partial charge < -0.3 is 14.8 Å². The van der Waals surface area contributed by atoms with Gasteiger partial charge in [0.2, 0.25) is 0 Å². The Balaban J connectivity index is 1.43. The average molecular weight is 555 g/mol. The van der Waals surface area contributed by atoms with Gasteiger partial charge in [-0.25, -0.2) is 4.39 Å². The largest absolute Gasteiger partial charge is 0.493 e. The van der Waals surface area contributed by atoms with Crippen LogP contribution in [0.15, 0.2) is 59.5 Å². The molecule has 0 unspecified atom stereocenters. The van der Waals surface area contributed by atoms with Gasteiger partial charge in [0.15, 0.2) is 18.1 Å². The highest BCUT2D eigenvalue weighted by molar-refractivity contribution is 8.18. The molecule has 10 heteroatoms. The van der Waals surface area contributed by atoms with Crippen LogP contribution in [0, 0.1) is 19.7 Å². The van der Waals surface area contributed by atoms with Crippen molar-refractivity contribution in [3.8, 4) is 11.5 Å². The molecule has 1 N–H and O–H groups in total. The quantitative estimate of drug-likeness (QED) is 0.326. The van der Waals surface area contributed by atoms with Gasteiger partial charge in [-0.1, -0.05) is 29.8 Å². The Morgan fingerprint density at radius 2 is 1.87 bits per heavy atom. The minimum absolute atomic E-state index is 0.0717. The molecule has 0 saturated carbocycles. The summed E-state index contributed by atoms with van der Waals surface area (Å²) in [6, 6.07) is 14.7. The summed E-state index contributed by atoms with van der Waals surface area (Å²) >= 11 is 6.80. The maximum Gasteiger partial charge on any atom is 0.293 e. The molecule has 0 aromatic heterocycles. The Morgan fingerprint density at radius 3 is 2.58 bits per heavy atom. The lowest BCUT2D eigenvalue weighted by Gasteiger charge is -2.14. The highest BCUT2D eigenvalue weighted by Gasteiger charge is 2.36. The van der Waals surface area contributed by atoms with E-state index in [4.69, 9.17) is 21.1 Å². The van der Waals surface area contributed by atoms with E-state index in [0.717, 1.165) is 27.8 Å².